The number of ether oxygens (including phenoxy) is 1. The average Bonchev–Trinajstić information content (AvgIpc) is 2.67. The van der Waals surface area contributed by atoms with Gasteiger partial charge in [-0.3, -0.25) is 4.79 Å². The van der Waals surface area contributed by atoms with Gasteiger partial charge in [-0.2, -0.15) is 0 Å². The Morgan fingerprint density at radius 1 is 1.26 bits per heavy atom. The van der Waals surface area contributed by atoms with Crippen LogP contribution in [-0.4, -0.2) is 43.6 Å². The van der Waals surface area contributed by atoms with Crippen molar-refractivity contribution in [3.63, 3.8) is 0 Å². The number of nitrogens with zero attached hydrogens (tertiary/aromatic N) is 1. The van der Waals surface area contributed by atoms with Crippen molar-refractivity contribution >= 4 is 12.0 Å². The van der Waals surface area contributed by atoms with E-state index in [1.165, 1.54) is 18.2 Å². The quantitative estimate of drug-likeness (QED) is 0.845. The third kappa shape index (κ3) is 5.72. The molecule has 1 aliphatic rings. The smallest absolute Gasteiger partial charge is 0.406 e. The molecular formula is C22H34N2O3. The van der Waals surface area contributed by atoms with Gasteiger partial charge in [0.1, 0.15) is 0 Å². The third-order valence-corrected chi connectivity index (χ3v) is 5.55. The van der Waals surface area contributed by atoms with Gasteiger partial charge in [0.2, 0.25) is 5.91 Å². The number of nitrogens with one attached hydrogen (secondary N) is 1. The molecule has 1 aromatic rings. The molecule has 5 nitrogen and oxygen atoms in total. The molecule has 1 aromatic carbocycles. The van der Waals surface area contributed by atoms with E-state index in [-0.39, 0.29) is 17.2 Å². The SMILES string of the molecule is CCC(CNC(=O)OC)C(=O)N1CCC(c2cccc(C(C)(C)C)c2)CC1. The van der Waals surface area contributed by atoms with E-state index < -0.39 is 6.09 Å². The van der Waals surface area contributed by atoms with Crippen LogP contribution in [-0.2, 0) is 14.9 Å². The van der Waals surface area contributed by atoms with Crippen molar-refractivity contribution in [1.82, 2.24) is 10.2 Å². The Labute approximate surface area is 163 Å². The molecule has 0 spiro atoms. The van der Waals surface area contributed by atoms with Crippen LogP contribution >= 0.6 is 0 Å². The van der Waals surface area contributed by atoms with E-state index in [4.69, 9.17) is 0 Å². The molecule has 27 heavy (non-hydrogen) atoms. The zero-order valence-electron chi connectivity index (χ0n) is 17.4. The number of amides is 2. The number of benzene rings is 1. The number of likely N-dealkylation sites (tertiary alicyclic amines) is 1. The Balaban J connectivity index is 1.94. The predicted octanol–water partition coefficient (Wildman–Crippen LogP) is 4.07. The molecule has 1 N–H and O–H groups in total. The molecule has 150 valence electrons. The van der Waals surface area contributed by atoms with Crippen molar-refractivity contribution in [2.45, 2.75) is 58.3 Å². The van der Waals surface area contributed by atoms with Gasteiger partial charge in [0.25, 0.3) is 0 Å². The maximum Gasteiger partial charge on any atom is 0.406 e. The lowest BCUT2D eigenvalue weighted by molar-refractivity contribution is -0.136. The largest absolute Gasteiger partial charge is 0.453 e. The summed E-state index contributed by atoms with van der Waals surface area (Å²) in [5.74, 6) is 0.449. The molecule has 1 unspecified atom stereocenters. The minimum Gasteiger partial charge on any atom is -0.453 e. The molecule has 2 amide bonds. The Morgan fingerprint density at radius 2 is 1.93 bits per heavy atom. The van der Waals surface area contributed by atoms with Crippen LogP contribution in [0.25, 0.3) is 0 Å². The molecule has 1 fully saturated rings. The van der Waals surface area contributed by atoms with Crippen LogP contribution in [0.2, 0.25) is 0 Å². The Kier molecular flexibility index (Phi) is 7.28. The van der Waals surface area contributed by atoms with E-state index in [1.807, 2.05) is 11.8 Å². The van der Waals surface area contributed by atoms with Crippen molar-refractivity contribution in [2.75, 3.05) is 26.7 Å². The van der Waals surface area contributed by atoms with Crippen LogP contribution in [0.1, 0.15) is 64.0 Å². The van der Waals surface area contributed by atoms with Crippen LogP contribution in [0.15, 0.2) is 24.3 Å². The zero-order valence-corrected chi connectivity index (χ0v) is 17.4. The maximum atomic E-state index is 12.8. The van der Waals surface area contributed by atoms with Gasteiger partial charge in [0, 0.05) is 19.6 Å². The van der Waals surface area contributed by atoms with E-state index in [0.717, 1.165) is 25.9 Å². The van der Waals surface area contributed by atoms with Crippen molar-refractivity contribution in [3.8, 4) is 0 Å². The zero-order chi connectivity index (χ0) is 20.0. The average molecular weight is 375 g/mol. The molecule has 0 aromatic heterocycles. The number of alkyl carbamates (subject to hydrolysis) is 1. The molecule has 0 saturated carbocycles. The second kappa shape index (κ2) is 9.25. The van der Waals surface area contributed by atoms with Crippen LogP contribution in [0.3, 0.4) is 0 Å². The maximum absolute atomic E-state index is 12.8. The van der Waals surface area contributed by atoms with Gasteiger partial charge in [0.15, 0.2) is 0 Å². The van der Waals surface area contributed by atoms with Gasteiger partial charge < -0.3 is 15.0 Å². The molecule has 0 bridgehead atoms. The normalized spacial score (nSPS) is 16.7. The second-order valence-electron chi connectivity index (χ2n) is 8.45. The molecule has 0 aliphatic carbocycles. The van der Waals surface area contributed by atoms with Crippen molar-refractivity contribution in [2.24, 2.45) is 5.92 Å². The summed E-state index contributed by atoms with van der Waals surface area (Å²) in [6.07, 6.45) is 2.19. The van der Waals surface area contributed by atoms with E-state index >= 15 is 0 Å². The molecule has 1 saturated heterocycles. The second-order valence-corrected chi connectivity index (χ2v) is 8.45. The van der Waals surface area contributed by atoms with Gasteiger partial charge in [-0.05, 0) is 41.7 Å². The standard InChI is InChI=1S/C22H34N2O3/c1-6-16(15-23-21(26)27-5)20(25)24-12-10-17(11-13-24)18-8-7-9-19(14-18)22(2,3)4/h7-9,14,16-17H,6,10-13,15H2,1-5H3,(H,23,26). The molecule has 5 heteroatoms. The summed E-state index contributed by atoms with van der Waals surface area (Å²) in [5, 5.41) is 2.65. The number of hydrogen-bond acceptors (Lipinski definition) is 3. The highest BCUT2D eigenvalue weighted by Gasteiger charge is 2.28. The first-order valence-electron chi connectivity index (χ1n) is 9.97. The van der Waals surface area contributed by atoms with E-state index in [0.29, 0.717) is 18.9 Å². The summed E-state index contributed by atoms with van der Waals surface area (Å²) in [6.45, 7) is 10.6. The Morgan fingerprint density at radius 3 is 2.48 bits per heavy atom. The Bertz CT molecular complexity index is 643. The minimum absolute atomic E-state index is 0.135. The molecule has 1 aliphatic heterocycles. The van der Waals surface area contributed by atoms with Gasteiger partial charge >= 0.3 is 6.09 Å². The molecule has 1 atom stereocenters. The van der Waals surface area contributed by atoms with Gasteiger partial charge in [0.05, 0.1) is 13.0 Å². The molecule has 2 rings (SSSR count). The third-order valence-electron chi connectivity index (χ3n) is 5.55. The highest BCUT2D eigenvalue weighted by atomic mass is 16.5. The van der Waals surface area contributed by atoms with Crippen molar-refractivity contribution in [1.29, 1.82) is 0 Å². The molecule has 1 heterocycles. The number of carbonyl (C=O) groups is 2. The molecular weight excluding hydrogens is 340 g/mol. The number of rotatable bonds is 5. The van der Waals surface area contributed by atoms with Crippen molar-refractivity contribution < 1.29 is 14.3 Å². The first-order valence-corrected chi connectivity index (χ1v) is 9.97. The topological polar surface area (TPSA) is 58.6 Å². The fourth-order valence-corrected chi connectivity index (χ4v) is 3.64. The van der Waals surface area contributed by atoms with E-state index in [2.05, 4.69) is 55.1 Å². The lowest BCUT2D eigenvalue weighted by atomic mass is 9.82. The summed E-state index contributed by atoms with van der Waals surface area (Å²) in [4.78, 5) is 26.0. The van der Waals surface area contributed by atoms with Gasteiger partial charge in [-0.15, -0.1) is 0 Å². The Hall–Kier alpha value is -2.04. The predicted molar refractivity (Wildman–Crippen MR) is 108 cm³/mol. The fraction of sp³-hybridized carbons (Fsp3) is 0.636. The van der Waals surface area contributed by atoms with Crippen LogP contribution in [0.5, 0.6) is 0 Å². The van der Waals surface area contributed by atoms with E-state index in [1.54, 1.807) is 0 Å². The lowest BCUT2D eigenvalue weighted by Gasteiger charge is -2.34. The van der Waals surface area contributed by atoms with Crippen molar-refractivity contribution in [3.05, 3.63) is 35.4 Å². The summed E-state index contributed by atoms with van der Waals surface area (Å²) < 4.78 is 4.59. The summed E-state index contributed by atoms with van der Waals surface area (Å²) in [7, 11) is 1.33. The minimum atomic E-state index is -0.487. The summed E-state index contributed by atoms with van der Waals surface area (Å²) in [6, 6.07) is 8.89. The number of carbonyl (C=O) groups excluding carboxylic acids is 2. The van der Waals surface area contributed by atoms with Gasteiger partial charge in [-0.25, -0.2) is 4.79 Å². The monoisotopic (exact) mass is 374 g/mol. The van der Waals surface area contributed by atoms with Gasteiger partial charge in [-0.1, -0.05) is 52.0 Å². The number of piperidine rings is 1. The lowest BCUT2D eigenvalue weighted by Crippen LogP contribution is -2.44. The molecule has 0 radical (unpaired) electrons. The number of methoxy groups -OCH3 is 1. The fourth-order valence-electron chi connectivity index (χ4n) is 3.64. The van der Waals surface area contributed by atoms with E-state index in [9.17, 15) is 9.59 Å². The van der Waals surface area contributed by atoms with Crippen LogP contribution < -0.4 is 5.32 Å². The summed E-state index contributed by atoms with van der Waals surface area (Å²) >= 11 is 0. The summed E-state index contributed by atoms with van der Waals surface area (Å²) in [5.41, 5.74) is 2.89. The van der Waals surface area contributed by atoms with Crippen LogP contribution in [0.4, 0.5) is 4.79 Å². The first kappa shape index (κ1) is 21.3. The first-order chi connectivity index (χ1) is 12.8. The van der Waals surface area contributed by atoms with Crippen LogP contribution in [0, 0.1) is 5.92 Å². The highest BCUT2D eigenvalue weighted by molar-refractivity contribution is 5.80. The highest BCUT2D eigenvalue weighted by Crippen LogP contribution is 2.32. The number of hydrogen-bond donors (Lipinski definition) is 1.